The lowest BCUT2D eigenvalue weighted by atomic mass is 10.0. The average molecular weight is 388 g/mol. The normalized spacial score (nSPS) is 12.3. The molecule has 0 fully saturated rings. The summed E-state index contributed by atoms with van der Waals surface area (Å²) in [6, 6.07) is 10.8. The minimum atomic E-state index is -0.620. The van der Waals surface area contributed by atoms with E-state index in [1.54, 1.807) is 0 Å². The summed E-state index contributed by atoms with van der Waals surface area (Å²) in [5.41, 5.74) is 1.18. The topological polar surface area (TPSA) is 98.3 Å². The highest BCUT2D eigenvalue weighted by molar-refractivity contribution is 6.32. The first-order valence-corrected chi connectivity index (χ1v) is 8.83. The van der Waals surface area contributed by atoms with E-state index in [9.17, 15) is 14.9 Å². The summed E-state index contributed by atoms with van der Waals surface area (Å²) >= 11 is 5.81. The van der Waals surface area contributed by atoms with Gasteiger partial charge in [-0.15, -0.1) is 0 Å². The molecule has 1 heterocycles. The van der Waals surface area contributed by atoms with Crippen LogP contribution < -0.4 is 5.32 Å². The van der Waals surface area contributed by atoms with Gasteiger partial charge in [0.1, 0.15) is 16.6 Å². The van der Waals surface area contributed by atoms with Gasteiger partial charge in [-0.1, -0.05) is 37.6 Å². The number of nitrogens with zero attached hydrogens (tertiary/aromatic N) is 2. The van der Waals surface area contributed by atoms with Crippen LogP contribution in [0.1, 0.15) is 42.6 Å². The molecule has 0 aliphatic heterocycles. The van der Waals surface area contributed by atoms with Gasteiger partial charge in [0, 0.05) is 11.6 Å². The molecular formula is C19H18ClN3O4. The molecule has 1 amide bonds. The van der Waals surface area contributed by atoms with Crippen molar-refractivity contribution in [2.45, 2.75) is 26.3 Å². The van der Waals surface area contributed by atoms with Crippen LogP contribution in [-0.4, -0.2) is 15.8 Å². The number of aromatic nitrogens is 1. The van der Waals surface area contributed by atoms with Crippen molar-refractivity contribution in [1.29, 1.82) is 0 Å². The second-order valence-corrected chi connectivity index (χ2v) is 7.01. The molecule has 0 bridgehead atoms. The number of nitro groups is 1. The van der Waals surface area contributed by atoms with Crippen LogP contribution in [0, 0.1) is 16.0 Å². The predicted octanol–water partition coefficient (Wildman–Crippen LogP) is 4.91. The van der Waals surface area contributed by atoms with Gasteiger partial charge in [-0.25, -0.2) is 4.98 Å². The number of oxazole rings is 1. The second kappa shape index (κ2) is 7.75. The van der Waals surface area contributed by atoms with Gasteiger partial charge in [0.2, 0.25) is 5.89 Å². The van der Waals surface area contributed by atoms with E-state index in [0.717, 1.165) is 6.07 Å². The van der Waals surface area contributed by atoms with Crippen LogP contribution in [0.2, 0.25) is 5.02 Å². The van der Waals surface area contributed by atoms with E-state index in [-0.39, 0.29) is 22.2 Å². The molecule has 2 aromatic carbocycles. The van der Waals surface area contributed by atoms with Gasteiger partial charge in [0.15, 0.2) is 5.58 Å². The Kier molecular flexibility index (Phi) is 5.41. The second-order valence-electron chi connectivity index (χ2n) is 6.60. The number of hydrogen-bond donors (Lipinski definition) is 1. The van der Waals surface area contributed by atoms with E-state index in [2.05, 4.69) is 10.3 Å². The van der Waals surface area contributed by atoms with Crippen molar-refractivity contribution in [2.75, 3.05) is 0 Å². The number of para-hydroxylation sites is 2. The molecule has 0 radical (unpaired) electrons. The molecule has 0 aliphatic carbocycles. The summed E-state index contributed by atoms with van der Waals surface area (Å²) < 4.78 is 5.79. The summed E-state index contributed by atoms with van der Waals surface area (Å²) in [6.45, 7) is 4.05. The van der Waals surface area contributed by atoms with Gasteiger partial charge in [-0.05, 0) is 36.6 Å². The van der Waals surface area contributed by atoms with E-state index in [4.69, 9.17) is 16.0 Å². The fourth-order valence-electron chi connectivity index (χ4n) is 2.77. The highest BCUT2D eigenvalue weighted by atomic mass is 35.5. The Balaban J connectivity index is 1.89. The number of benzene rings is 2. The quantitative estimate of drug-likeness (QED) is 0.478. The minimum Gasteiger partial charge on any atom is -0.438 e. The Labute approximate surface area is 160 Å². The van der Waals surface area contributed by atoms with E-state index < -0.39 is 16.9 Å². The zero-order valence-corrected chi connectivity index (χ0v) is 15.6. The minimum absolute atomic E-state index is 0.0192. The van der Waals surface area contributed by atoms with Crippen molar-refractivity contribution in [3.8, 4) is 0 Å². The van der Waals surface area contributed by atoms with Crippen molar-refractivity contribution >= 4 is 34.3 Å². The molecule has 0 unspecified atom stereocenters. The predicted molar refractivity (Wildman–Crippen MR) is 102 cm³/mol. The van der Waals surface area contributed by atoms with Crippen molar-refractivity contribution in [2.24, 2.45) is 5.92 Å². The highest BCUT2D eigenvalue weighted by Crippen LogP contribution is 2.27. The molecule has 3 rings (SSSR count). The Hall–Kier alpha value is -2.93. The van der Waals surface area contributed by atoms with E-state index in [0.29, 0.717) is 23.4 Å². The number of hydrogen-bond acceptors (Lipinski definition) is 5. The van der Waals surface area contributed by atoms with Crippen LogP contribution in [0.3, 0.4) is 0 Å². The maximum atomic E-state index is 12.7. The molecule has 7 nitrogen and oxygen atoms in total. The number of halogens is 1. The van der Waals surface area contributed by atoms with Gasteiger partial charge in [-0.3, -0.25) is 14.9 Å². The van der Waals surface area contributed by atoms with Crippen molar-refractivity contribution in [3.05, 3.63) is 69.1 Å². The third-order valence-corrected chi connectivity index (χ3v) is 4.35. The van der Waals surface area contributed by atoms with Gasteiger partial charge in [-0.2, -0.15) is 0 Å². The van der Waals surface area contributed by atoms with Crippen LogP contribution >= 0.6 is 11.6 Å². The molecule has 1 N–H and O–H groups in total. The lowest BCUT2D eigenvalue weighted by Crippen LogP contribution is -2.29. The van der Waals surface area contributed by atoms with Crippen LogP contribution in [0.5, 0.6) is 0 Å². The summed E-state index contributed by atoms with van der Waals surface area (Å²) in [5, 5.41) is 13.9. The van der Waals surface area contributed by atoms with Gasteiger partial charge in [0.25, 0.3) is 11.6 Å². The highest BCUT2D eigenvalue weighted by Gasteiger charge is 2.24. The van der Waals surface area contributed by atoms with Gasteiger partial charge < -0.3 is 9.73 Å². The fraction of sp³-hybridized carbons (Fsp3) is 0.263. The van der Waals surface area contributed by atoms with Crippen LogP contribution in [0.4, 0.5) is 5.69 Å². The summed E-state index contributed by atoms with van der Waals surface area (Å²) in [5.74, 6) is 0.217. The summed E-state index contributed by atoms with van der Waals surface area (Å²) in [4.78, 5) is 27.6. The first-order chi connectivity index (χ1) is 12.8. The lowest BCUT2D eigenvalue weighted by Gasteiger charge is -2.17. The van der Waals surface area contributed by atoms with E-state index in [1.807, 2.05) is 38.1 Å². The van der Waals surface area contributed by atoms with Crippen molar-refractivity contribution in [3.63, 3.8) is 0 Å². The van der Waals surface area contributed by atoms with Crippen molar-refractivity contribution < 1.29 is 14.1 Å². The van der Waals surface area contributed by atoms with E-state index >= 15 is 0 Å². The number of carbonyl (C=O) groups excluding carboxylic acids is 1. The van der Waals surface area contributed by atoms with Crippen molar-refractivity contribution in [1.82, 2.24) is 10.3 Å². The number of nitro benzene ring substituents is 1. The molecule has 0 spiro atoms. The lowest BCUT2D eigenvalue weighted by molar-refractivity contribution is -0.384. The Morgan fingerprint density at radius 1 is 1.30 bits per heavy atom. The Morgan fingerprint density at radius 3 is 2.70 bits per heavy atom. The maximum absolute atomic E-state index is 12.7. The molecule has 140 valence electrons. The molecule has 1 aromatic heterocycles. The monoisotopic (exact) mass is 387 g/mol. The Morgan fingerprint density at radius 2 is 2.04 bits per heavy atom. The fourth-order valence-corrected chi connectivity index (χ4v) is 2.95. The van der Waals surface area contributed by atoms with Crippen LogP contribution in [0.25, 0.3) is 11.1 Å². The number of carbonyl (C=O) groups is 1. The molecule has 0 aliphatic rings. The third-order valence-electron chi connectivity index (χ3n) is 4.03. The smallest absolute Gasteiger partial charge is 0.288 e. The Bertz CT molecular complexity index is 967. The number of rotatable bonds is 6. The van der Waals surface area contributed by atoms with Crippen LogP contribution in [0.15, 0.2) is 46.9 Å². The zero-order chi connectivity index (χ0) is 19.6. The first-order valence-electron chi connectivity index (χ1n) is 8.45. The number of amides is 1. The molecule has 0 saturated carbocycles. The van der Waals surface area contributed by atoms with Gasteiger partial charge in [0.05, 0.1) is 4.92 Å². The molecule has 0 saturated heterocycles. The molecule has 27 heavy (non-hydrogen) atoms. The summed E-state index contributed by atoms with van der Waals surface area (Å²) in [7, 11) is 0. The first kappa shape index (κ1) is 18.8. The standard InChI is InChI=1S/C19H18ClN3O4/c1-11(2)9-15(19-22-14-5-3-4-6-17(14)27-19)21-18(24)12-7-8-13(20)16(10-12)23(25)26/h3-8,10-11,15H,9H2,1-2H3,(H,21,24)/t15-/m1/s1. The number of fused-ring (bicyclic) bond motifs is 1. The largest absolute Gasteiger partial charge is 0.438 e. The summed E-state index contributed by atoms with van der Waals surface area (Å²) in [6.07, 6.45) is 0.605. The third kappa shape index (κ3) is 4.25. The molecule has 1 atom stereocenters. The average Bonchev–Trinajstić information content (AvgIpc) is 3.05. The molecule has 3 aromatic rings. The molecule has 8 heteroatoms. The number of nitrogens with one attached hydrogen (secondary N) is 1. The van der Waals surface area contributed by atoms with Gasteiger partial charge >= 0.3 is 0 Å². The van der Waals surface area contributed by atoms with E-state index in [1.165, 1.54) is 12.1 Å². The van der Waals surface area contributed by atoms with Crippen LogP contribution in [-0.2, 0) is 0 Å². The zero-order valence-electron chi connectivity index (χ0n) is 14.8. The molecular weight excluding hydrogens is 370 g/mol. The maximum Gasteiger partial charge on any atom is 0.288 e. The SMILES string of the molecule is CC(C)C[C@@H](NC(=O)c1ccc(Cl)c([N+](=O)[O-])c1)c1nc2ccccc2o1.